The number of thiazole rings is 1. The number of carbonyl (C=O) groups is 2. The van der Waals surface area contributed by atoms with Crippen molar-refractivity contribution in [2.75, 3.05) is 0 Å². The number of rotatable bonds is 5. The maximum absolute atomic E-state index is 11.5. The first-order chi connectivity index (χ1) is 10.2. The van der Waals surface area contributed by atoms with Gasteiger partial charge in [-0.25, -0.2) is 4.98 Å². The Morgan fingerprint density at radius 1 is 1.24 bits per heavy atom. The third-order valence-corrected chi connectivity index (χ3v) is 4.43. The lowest BCUT2D eigenvalue weighted by Crippen LogP contribution is -2.30. The fourth-order valence-corrected chi connectivity index (χ4v) is 3.16. The highest BCUT2D eigenvalue weighted by Crippen LogP contribution is 2.20. The average molecular weight is 320 g/mol. The van der Waals surface area contributed by atoms with Gasteiger partial charge in [0, 0.05) is 23.6 Å². The minimum absolute atomic E-state index is 0.121. The van der Waals surface area contributed by atoms with Crippen molar-refractivity contribution in [1.29, 1.82) is 0 Å². The lowest BCUT2D eigenvalue weighted by molar-refractivity contribution is -0.112. The summed E-state index contributed by atoms with van der Waals surface area (Å²) in [6.07, 6.45) is 0.504. The first-order valence-electron chi connectivity index (χ1n) is 6.32. The van der Waals surface area contributed by atoms with E-state index in [9.17, 15) is 9.59 Å². The Bertz CT molecular complexity index is 641. The summed E-state index contributed by atoms with van der Waals surface area (Å²) in [5.41, 5.74) is 3.66. The Morgan fingerprint density at radius 2 is 2.05 bits per heavy atom. The molecule has 0 spiro atoms. The molecule has 3 rings (SSSR count). The van der Waals surface area contributed by atoms with Crippen LogP contribution < -0.4 is 10.1 Å². The van der Waals surface area contributed by atoms with Crippen LogP contribution in [0.1, 0.15) is 11.3 Å². The number of aromatic nitrogens is 1. The molecule has 21 heavy (non-hydrogen) atoms. The SMILES string of the molecule is O=C1NC(Cc2ccc(OCc3cscn3)cc2)C(=O)S1. The monoisotopic (exact) mass is 320 g/mol. The van der Waals surface area contributed by atoms with E-state index in [1.54, 1.807) is 5.51 Å². The van der Waals surface area contributed by atoms with E-state index in [1.165, 1.54) is 11.3 Å². The van der Waals surface area contributed by atoms with Gasteiger partial charge in [-0.05, 0) is 17.7 Å². The van der Waals surface area contributed by atoms with Crippen molar-refractivity contribution in [2.45, 2.75) is 19.1 Å². The smallest absolute Gasteiger partial charge is 0.287 e. The predicted molar refractivity (Wildman–Crippen MR) is 81.5 cm³/mol. The molecule has 1 atom stereocenters. The molecule has 7 heteroatoms. The lowest BCUT2D eigenvalue weighted by atomic mass is 10.1. The molecule has 1 fully saturated rings. The Labute approximate surface area is 129 Å². The van der Waals surface area contributed by atoms with E-state index in [4.69, 9.17) is 4.74 Å². The molecule has 5 nitrogen and oxygen atoms in total. The highest BCUT2D eigenvalue weighted by atomic mass is 32.2. The number of thioether (sulfide) groups is 1. The van der Waals surface area contributed by atoms with E-state index in [1.807, 2.05) is 29.6 Å². The third-order valence-electron chi connectivity index (χ3n) is 3.00. The van der Waals surface area contributed by atoms with Crippen LogP contribution in [0.15, 0.2) is 35.2 Å². The van der Waals surface area contributed by atoms with Gasteiger partial charge in [-0.3, -0.25) is 9.59 Å². The van der Waals surface area contributed by atoms with Gasteiger partial charge in [0.15, 0.2) is 0 Å². The van der Waals surface area contributed by atoms with Crippen molar-refractivity contribution < 1.29 is 14.3 Å². The van der Waals surface area contributed by atoms with Crippen molar-refractivity contribution >= 4 is 33.5 Å². The molecule has 1 amide bonds. The van der Waals surface area contributed by atoms with E-state index in [-0.39, 0.29) is 10.4 Å². The Kier molecular flexibility index (Phi) is 4.21. The van der Waals surface area contributed by atoms with E-state index < -0.39 is 6.04 Å². The van der Waals surface area contributed by atoms with Crippen LogP contribution in [0.4, 0.5) is 4.79 Å². The molecule has 0 aliphatic carbocycles. The van der Waals surface area contributed by atoms with Crippen molar-refractivity contribution in [3.63, 3.8) is 0 Å². The molecule has 108 valence electrons. The summed E-state index contributed by atoms with van der Waals surface area (Å²) in [7, 11) is 0. The largest absolute Gasteiger partial charge is 0.487 e. The molecule has 1 aromatic carbocycles. The maximum Gasteiger partial charge on any atom is 0.287 e. The summed E-state index contributed by atoms with van der Waals surface area (Å²) in [6, 6.07) is 7.09. The number of benzene rings is 1. The van der Waals surface area contributed by atoms with Gasteiger partial charge >= 0.3 is 0 Å². The Balaban J connectivity index is 1.56. The van der Waals surface area contributed by atoms with Crippen LogP contribution in [0.5, 0.6) is 5.75 Å². The Hall–Kier alpha value is -1.86. The summed E-state index contributed by atoms with van der Waals surface area (Å²) in [5.74, 6) is 0.753. The van der Waals surface area contributed by atoms with Crippen LogP contribution in [-0.2, 0) is 17.8 Å². The van der Waals surface area contributed by atoms with Crippen molar-refractivity contribution in [2.24, 2.45) is 0 Å². The standard InChI is InChI=1S/C14H12N2O3S2/c17-13-12(16-14(18)21-13)5-9-1-3-11(4-2-9)19-6-10-7-20-8-15-10/h1-4,7-8,12H,5-6H2,(H,16,18). The molecule has 1 aliphatic rings. The normalized spacial score (nSPS) is 17.8. The van der Waals surface area contributed by atoms with Gasteiger partial charge in [0.1, 0.15) is 18.4 Å². The molecule has 1 aliphatic heterocycles. The number of carbonyl (C=O) groups excluding carboxylic acids is 2. The highest BCUT2D eigenvalue weighted by molar-refractivity contribution is 8.26. The third kappa shape index (κ3) is 3.62. The van der Waals surface area contributed by atoms with Crippen LogP contribution in [0.3, 0.4) is 0 Å². The predicted octanol–water partition coefficient (Wildman–Crippen LogP) is 2.62. The minimum Gasteiger partial charge on any atom is -0.487 e. The van der Waals surface area contributed by atoms with Crippen molar-refractivity contribution in [1.82, 2.24) is 10.3 Å². The van der Waals surface area contributed by atoms with E-state index >= 15 is 0 Å². The fraction of sp³-hybridized carbons (Fsp3) is 0.214. The van der Waals surface area contributed by atoms with Gasteiger partial charge < -0.3 is 10.1 Å². The number of hydrogen-bond acceptors (Lipinski definition) is 6. The molecule has 1 unspecified atom stereocenters. The quantitative estimate of drug-likeness (QED) is 0.917. The molecule has 1 N–H and O–H groups in total. The molecule has 1 saturated heterocycles. The number of ether oxygens (including phenoxy) is 1. The zero-order chi connectivity index (χ0) is 14.7. The van der Waals surface area contributed by atoms with Gasteiger partial charge in [-0.15, -0.1) is 11.3 Å². The fourth-order valence-electron chi connectivity index (χ4n) is 1.95. The molecule has 0 radical (unpaired) electrons. The van der Waals surface area contributed by atoms with E-state index in [0.29, 0.717) is 13.0 Å². The van der Waals surface area contributed by atoms with Crippen LogP contribution in [-0.4, -0.2) is 21.4 Å². The second-order valence-corrected chi connectivity index (χ2v) is 6.22. The first kappa shape index (κ1) is 14.1. The van der Waals surface area contributed by atoms with Gasteiger partial charge in [0.25, 0.3) is 5.24 Å². The summed E-state index contributed by atoms with van der Waals surface area (Å²) in [4.78, 5) is 26.8. The van der Waals surface area contributed by atoms with Gasteiger partial charge in [-0.2, -0.15) is 0 Å². The molecule has 2 heterocycles. The van der Waals surface area contributed by atoms with Crippen LogP contribution in [0.2, 0.25) is 0 Å². The lowest BCUT2D eigenvalue weighted by Gasteiger charge is -2.09. The first-order valence-corrected chi connectivity index (χ1v) is 8.07. The van der Waals surface area contributed by atoms with Gasteiger partial charge in [-0.1, -0.05) is 12.1 Å². The van der Waals surface area contributed by atoms with Crippen LogP contribution in [0.25, 0.3) is 0 Å². The van der Waals surface area contributed by atoms with E-state index in [2.05, 4.69) is 10.3 Å². The number of hydrogen-bond donors (Lipinski definition) is 1. The summed E-state index contributed by atoms with van der Waals surface area (Å²) < 4.78 is 5.62. The number of nitrogens with one attached hydrogen (secondary N) is 1. The molecule has 1 aromatic heterocycles. The summed E-state index contributed by atoms with van der Waals surface area (Å²) in [6.45, 7) is 0.441. The second-order valence-electron chi connectivity index (χ2n) is 4.52. The zero-order valence-electron chi connectivity index (χ0n) is 10.9. The molecule has 0 bridgehead atoms. The number of nitrogens with zero attached hydrogens (tertiary/aromatic N) is 1. The van der Waals surface area contributed by atoms with Crippen molar-refractivity contribution in [3.8, 4) is 5.75 Å². The highest BCUT2D eigenvalue weighted by Gasteiger charge is 2.31. The molecule has 0 saturated carbocycles. The van der Waals surface area contributed by atoms with Crippen LogP contribution >= 0.6 is 23.1 Å². The van der Waals surface area contributed by atoms with Crippen LogP contribution in [0, 0.1) is 0 Å². The topological polar surface area (TPSA) is 68.3 Å². The van der Waals surface area contributed by atoms with E-state index in [0.717, 1.165) is 28.8 Å². The Morgan fingerprint density at radius 3 is 2.67 bits per heavy atom. The van der Waals surface area contributed by atoms with Crippen molar-refractivity contribution in [3.05, 3.63) is 46.4 Å². The minimum atomic E-state index is -0.427. The molecular weight excluding hydrogens is 308 g/mol. The average Bonchev–Trinajstić information content (AvgIpc) is 3.08. The molecule has 2 aromatic rings. The number of amides is 1. The van der Waals surface area contributed by atoms with Gasteiger partial charge in [0.05, 0.1) is 11.2 Å². The van der Waals surface area contributed by atoms with Gasteiger partial charge in [0.2, 0.25) is 5.12 Å². The molecular formula is C14H12N2O3S2. The maximum atomic E-state index is 11.5. The second kappa shape index (κ2) is 6.28. The summed E-state index contributed by atoms with van der Waals surface area (Å²) in [5, 5.41) is 4.20. The summed E-state index contributed by atoms with van der Waals surface area (Å²) >= 11 is 2.27. The zero-order valence-corrected chi connectivity index (χ0v) is 12.6.